The highest BCUT2D eigenvalue weighted by Crippen LogP contribution is 2.26. The molecule has 26 heavy (non-hydrogen) atoms. The Balaban J connectivity index is 1.63. The molecule has 1 aliphatic rings. The molecule has 0 aliphatic carbocycles. The molecule has 0 saturated carbocycles. The molecule has 1 heterocycles. The molecule has 2 aromatic carbocycles. The Bertz CT molecular complexity index is 759. The first-order chi connectivity index (χ1) is 12.4. The Morgan fingerprint density at radius 3 is 2.38 bits per heavy atom. The van der Waals surface area contributed by atoms with E-state index in [9.17, 15) is 18.7 Å². The number of aliphatic carboxylic acids is 1. The van der Waals surface area contributed by atoms with Gasteiger partial charge in [0.1, 0.15) is 23.1 Å². The number of benzene rings is 2. The van der Waals surface area contributed by atoms with Gasteiger partial charge < -0.3 is 9.84 Å². The van der Waals surface area contributed by atoms with Crippen LogP contribution in [0.2, 0.25) is 0 Å². The van der Waals surface area contributed by atoms with E-state index in [1.54, 1.807) is 12.1 Å². The van der Waals surface area contributed by atoms with Gasteiger partial charge in [-0.05, 0) is 30.0 Å². The first-order valence-electron chi connectivity index (χ1n) is 8.57. The van der Waals surface area contributed by atoms with Crippen molar-refractivity contribution in [3.8, 4) is 11.5 Å². The Kier molecular flexibility index (Phi) is 5.52. The second-order valence-electron chi connectivity index (χ2n) is 6.92. The lowest BCUT2D eigenvalue weighted by atomic mass is 9.90. The molecule has 3 rings (SSSR count). The average molecular weight is 361 g/mol. The number of rotatable bonds is 5. The standard InChI is InChI=1S/C20H21F2NO3/c1-13-6-15(20(24)25)12-23(10-13)11-14-2-4-18(5-3-14)26-19-8-16(21)7-17(22)9-19/h2-5,7-9,13,15H,6,10-12H2,1H3,(H,24,25). The molecule has 2 atom stereocenters. The van der Waals surface area contributed by atoms with Crippen molar-refractivity contribution in [2.75, 3.05) is 13.1 Å². The zero-order valence-electron chi connectivity index (χ0n) is 14.5. The van der Waals surface area contributed by atoms with Crippen LogP contribution < -0.4 is 4.74 Å². The van der Waals surface area contributed by atoms with Gasteiger partial charge in [0.15, 0.2) is 0 Å². The SMILES string of the molecule is CC1CC(C(=O)O)CN(Cc2ccc(Oc3cc(F)cc(F)c3)cc2)C1. The number of hydrogen-bond donors (Lipinski definition) is 1. The predicted octanol–water partition coefficient (Wildman–Crippen LogP) is 4.30. The number of hydrogen-bond acceptors (Lipinski definition) is 3. The number of likely N-dealkylation sites (tertiary alicyclic amines) is 1. The summed E-state index contributed by atoms with van der Waals surface area (Å²) in [6, 6.07) is 10.3. The van der Waals surface area contributed by atoms with Crippen molar-refractivity contribution in [2.24, 2.45) is 11.8 Å². The second kappa shape index (κ2) is 7.83. The summed E-state index contributed by atoms with van der Waals surface area (Å²) in [4.78, 5) is 13.4. The molecule has 1 fully saturated rings. The molecule has 0 radical (unpaired) electrons. The average Bonchev–Trinajstić information content (AvgIpc) is 2.55. The third kappa shape index (κ3) is 4.79. The number of carboxylic acids is 1. The zero-order valence-corrected chi connectivity index (χ0v) is 14.5. The topological polar surface area (TPSA) is 49.8 Å². The first-order valence-corrected chi connectivity index (χ1v) is 8.57. The zero-order chi connectivity index (χ0) is 18.7. The second-order valence-corrected chi connectivity index (χ2v) is 6.92. The Morgan fingerprint density at radius 2 is 1.77 bits per heavy atom. The van der Waals surface area contributed by atoms with Crippen LogP contribution in [0.3, 0.4) is 0 Å². The molecular weight excluding hydrogens is 340 g/mol. The van der Waals surface area contributed by atoms with Crippen LogP contribution in [0, 0.1) is 23.5 Å². The molecule has 1 N–H and O–H groups in total. The molecule has 138 valence electrons. The van der Waals surface area contributed by atoms with Gasteiger partial charge in [-0.15, -0.1) is 0 Å². The summed E-state index contributed by atoms with van der Waals surface area (Å²) in [6.07, 6.45) is 0.711. The van der Waals surface area contributed by atoms with Crippen LogP contribution in [0.15, 0.2) is 42.5 Å². The van der Waals surface area contributed by atoms with Crippen LogP contribution in [-0.4, -0.2) is 29.1 Å². The summed E-state index contributed by atoms with van der Waals surface area (Å²) in [5.74, 6) is -1.53. The van der Waals surface area contributed by atoms with Gasteiger partial charge in [-0.25, -0.2) is 8.78 Å². The van der Waals surface area contributed by atoms with Crippen molar-refractivity contribution in [1.82, 2.24) is 4.90 Å². The van der Waals surface area contributed by atoms with Crippen molar-refractivity contribution in [3.05, 3.63) is 59.7 Å². The fourth-order valence-electron chi connectivity index (χ4n) is 3.41. The maximum atomic E-state index is 13.2. The van der Waals surface area contributed by atoms with E-state index in [0.29, 0.717) is 31.2 Å². The lowest BCUT2D eigenvalue weighted by Gasteiger charge is -2.34. The van der Waals surface area contributed by atoms with Gasteiger partial charge in [-0.2, -0.15) is 0 Å². The minimum atomic E-state index is -0.743. The van der Waals surface area contributed by atoms with Gasteiger partial charge in [0.25, 0.3) is 0 Å². The number of nitrogens with zero attached hydrogens (tertiary/aromatic N) is 1. The van der Waals surface area contributed by atoms with E-state index in [-0.39, 0.29) is 11.7 Å². The number of piperidine rings is 1. The van der Waals surface area contributed by atoms with Gasteiger partial charge in [0.2, 0.25) is 0 Å². The molecule has 0 aromatic heterocycles. The van der Waals surface area contributed by atoms with Crippen LogP contribution in [-0.2, 0) is 11.3 Å². The highest BCUT2D eigenvalue weighted by molar-refractivity contribution is 5.70. The Labute approximate surface area is 151 Å². The van der Waals surface area contributed by atoms with Crippen LogP contribution in [0.1, 0.15) is 18.9 Å². The van der Waals surface area contributed by atoms with E-state index >= 15 is 0 Å². The van der Waals surface area contributed by atoms with Crippen LogP contribution >= 0.6 is 0 Å². The van der Waals surface area contributed by atoms with Crippen LogP contribution in [0.4, 0.5) is 8.78 Å². The molecular formula is C20H21F2NO3. The molecule has 1 saturated heterocycles. The van der Waals surface area contributed by atoms with Crippen molar-refractivity contribution >= 4 is 5.97 Å². The normalized spacial score (nSPS) is 20.7. The Hall–Kier alpha value is -2.47. The van der Waals surface area contributed by atoms with E-state index in [1.807, 2.05) is 12.1 Å². The molecule has 2 unspecified atom stereocenters. The highest BCUT2D eigenvalue weighted by atomic mass is 19.1. The molecule has 2 aromatic rings. The predicted molar refractivity (Wildman–Crippen MR) is 93.1 cm³/mol. The fraction of sp³-hybridized carbons (Fsp3) is 0.350. The largest absolute Gasteiger partial charge is 0.481 e. The summed E-state index contributed by atoms with van der Waals surface area (Å²) in [7, 11) is 0. The monoisotopic (exact) mass is 361 g/mol. The van der Waals surface area contributed by atoms with E-state index in [4.69, 9.17) is 4.74 Å². The maximum Gasteiger partial charge on any atom is 0.307 e. The third-order valence-corrected chi connectivity index (χ3v) is 4.49. The summed E-state index contributed by atoms with van der Waals surface area (Å²) in [6.45, 7) is 4.13. The fourth-order valence-corrected chi connectivity index (χ4v) is 3.41. The van der Waals surface area contributed by atoms with Gasteiger partial charge in [0, 0.05) is 37.8 Å². The number of carbonyl (C=O) groups is 1. The summed E-state index contributed by atoms with van der Waals surface area (Å²) in [5, 5.41) is 9.26. The van der Waals surface area contributed by atoms with Crippen molar-refractivity contribution in [3.63, 3.8) is 0 Å². The van der Waals surface area contributed by atoms with Gasteiger partial charge in [0.05, 0.1) is 5.92 Å². The minimum absolute atomic E-state index is 0.101. The van der Waals surface area contributed by atoms with Crippen molar-refractivity contribution in [2.45, 2.75) is 19.9 Å². The van der Waals surface area contributed by atoms with Crippen LogP contribution in [0.5, 0.6) is 11.5 Å². The summed E-state index contributed by atoms with van der Waals surface area (Å²) in [5.41, 5.74) is 1.03. The van der Waals surface area contributed by atoms with Crippen molar-refractivity contribution < 1.29 is 23.4 Å². The van der Waals surface area contributed by atoms with E-state index in [2.05, 4.69) is 11.8 Å². The molecule has 1 aliphatic heterocycles. The molecule has 0 spiro atoms. The van der Waals surface area contributed by atoms with Crippen molar-refractivity contribution in [1.29, 1.82) is 0 Å². The van der Waals surface area contributed by atoms with Gasteiger partial charge in [-0.1, -0.05) is 19.1 Å². The molecule has 0 amide bonds. The van der Waals surface area contributed by atoms with Gasteiger partial charge in [-0.3, -0.25) is 9.69 Å². The number of ether oxygens (including phenoxy) is 1. The molecule has 0 bridgehead atoms. The van der Waals surface area contributed by atoms with E-state index in [0.717, 1.165) is 30.3 Å². The van der Waals surface area contributed by atoms with Gasteiger partial charge >= 0.3 is 5.97 Å². The maximum absolute atomic E-state index is 13.2. The lowest BCUT2D eigenvalue weighted by Crippen LogP contribution is -2.41. The third-order valence-electron chi connectivity index (χ3n) is 4.49. The number of carboxylic acid groups (broad SMARTS) is 1. The first kappa shape index (κ1) is 18.3. The van der Waals surface area contributed by atoms with E-state index in [1.165, 1.54) is 0 Å². The number of halogens is 2. The molecule has 4 nitrogen and oxygen atoms in total. The smallest absolute Gasteiger partial charge is 0.307 e. The lowest BCUT2D eigenvalue weighted by molar-refractivity contribution is -0.144. The quantitative estimate of drug-likeness (QED) is 0.863. The Morgan fingerprint density at radius 1 is 1.12 bits per heavy atom. The minimum Gasteiger partial charge on any atom is -0.481 e. The van der Waals surface area contributed by atoms with Crippen LogP contribution in [0.25, 0.3) is 0 Å². The van der Waals surface area contributed by atoms with E-state index < -0.39 is 17.6 Å². The molecule has 6 heteroatoms. The summed E-state index contributed by atoms with van der Waals surface area (Å²) >= 11 is 0. The summed E-state index contributed by atoms with van der Waals surface area (Å²) < 4.78 is 31.9. The highest BCUT2D eigenvalue weighted by Gasteiger charge is 2.29.